The Morgan fingerprint density at radius 3 is 2.29 bits per heavy atom. The Kier molecular flexibility index (Phi) is 6.94. The quantitative estimate of drug-likeness (QED) is 0.223. The van der Waals surface area contributed by atoms with Gasteiger partial charge in [-0.25, -0.2) is 4.79 Å². The van der Waals surface area contributed by atoms with E-state index in [9.17, 15) is 4.79 Å². The van der Waals surface area contributed by atoms with Gasteiger partial charge in [-0.1, -0.05) is 60.7 Å². The average molecular weight is 461 g/mol. The van der Waals surface area contributed by atoms with Gasteiger partial charge in [-0.05, 0) is 79.1 Å². The molecule has 4 aromatic rings. The highest BCUT2D eigenvalue weighted by Crippen LogP contribution is 2.33. The number of anilines is 3. The largest absolute Gasteiger partial charge is 0.354 e. The van der Waals surface area contributed by atoms with Gasteiger partial charge in [-0.15, -0.1) is 0 Å². The predicted molar refractivity (Wildman–Crippen MR) is 142 cm³/mol. The molecule has 0 saturated heterocycles. The Morgan fingerprint density at radius 1 is 0.857 bits per heavy atom. The van der Waals surface area contributed by atoms with Crippen LogP contribution in [0.4, 0.5) is 21.9 Å². The van der Waals surface area contributed by atoms with Crippen LogP contribution >= 0.6 is 0 Å². The zero-order valence-corrected chi connectivity index (χ0v) is 19.6. The monoisotopic (exact) mass is 460 g/mol. The van der Waals surface area contributed by atoms with Crippen LogP contribution in [0, 0.1) is 0 Å². The van der Waals surface area contributed by atoms with Gasteiger partial charge in [0.15, 0.2) is 0 Å². The van der Waals surface area contributed by atoms with E-state index in [-0.39, 0.29) is 6.03 Å². The molecule has 0 aliphatic heterocycles. The number of hydrogen-bond acceptors (Lipinski definition) is 3. The van der Waals surface area contributed by atoms with E-state index < -0.39 is 0 Å². The molecule has 35 heavy (non-hydrogen) atoms. The average Bonchev–Trinajstić information content (AvgIpc) is 2.93. The van der Waals surface area contributed by atoms with Crippen LogP contribution in [0.25, 0.3) is 0 Å². The molecule has 1 aliphatic carbocycles. The molecule has 0 fully saturated rings. The molecular weight excluding hydrogens is 432 g/mol. The zero-order valence-electron chi connectivity index (χ0n) is 19.6. The maximum atomic E-state index is 14.0. The number of aryl methyl sites for hydroxylation is 1. The molecule has 0 N–H and O–H groups in total. The summed E-state index contributed by atoms with van der Waals surface area (Å²) in [5.41, 5.74) is 4.98. The highest BCUT2D eigenvalue weighted by Gasteiger charge is 2.26. The molecule has 5 rings (SSSR count). The summed E-state index contributed by atoms with van der Waals surface area (Å²) in [4.78, 5) is 19.9. The van der Waals surface area contributed by atoms with Gasteiger partial charge in [0.2, 0.25) is 0 Å². The number of carbonyl (C=O) groups excluding carboxylic acids is 1. The number of amides is 2. The van der Waals surface area contributed by atoms with Gasteiger partial charge in [0.1, 0.15) is 0 Å². The van der Waals surface area contributed by atoms with Crippen molar-refractivity contribution in [1.29, 1.82) is 0 Å². The van der Waals surface area contributed by atoms with Crippen LogP contribution in [-0.2, 0) is 6.42 Å². The van der Waals surface area contributed by atoms with Crippen molar-refractivity contribution < 1.29 is 4.79 Å². The smallest absolute Gasteiger partial charge is 0.263 e. The molecule has 174 valence electrons. The van der Waals surface area contributed by atoms with Crippen molar-refractivity contribution in [2.45, 2.75) is 31.6 Å². The number of urea groups is 1. The van der Waals surface area contributed by atoms with Crippen molar-refractivity contribution in [2.24, 2.45) is 5.10 Å². The number of hydrazone groups is 1. The highest BCUT2D eigenvalue weighted by molar-refractivity contribution is 6.08. The molecule has 1 heterocycles. The molecule has 1 aromatic heterocycles. The third-order valence-corrected chi connectivity index (χ3v) is 6.37. The highest BCUT2D eigenvalue weighted by atomic mass is 16.2. The first kappa shape index (κ1) is 22.5. The molecule has 1 unspecified atom stereocenters. The van der Waals surface area contributed by atoms with Crippen LogP contribution in [-0.4, -0.2) is 17.2 Å². The molecular formula is C30H28N4O. The van der Waals surface area contributed by atoms with E-state index in [0.717, 1.165) is 24.9 Å². The van der Waals surface area contributed by atoms with Crippen LogP contribution in [0.2, 0.25) is 0 Å². The Hall–Kier alpha value is -4.25. The molecule has 1 atom stereocenters. The fourth-order valence-corrected chi connectivity index (χ4v) is 4.68. The van der Waals surface area contributed by atoms with Gasteiger partial charge in [-0.3, -0.25) is 9.88 Å². The second-order valence-corrected chi connectivity index (χ2v) is 8.63. The molecule has 0 bridgehead atoms. The molecule has 5 heteroatoms. The first-order chi connectivity index (χ1) is 17.3. The van der Waals surface area contributed by atoms with E-state index in [1.807, 2.05) is 79.0 Å². The van der Waals surface area contributed by atoms with Gasteiger partial charge < -0.3 is 0 Å². The fraction of sp³-hybridized carbons (Fsp3) is 0.167. The van der Waals surface area contributed by atoms with Gasteiger partial charge in [0, 0.05) is 12.4 Å². The topological polar surface area (TPSA) is 48.8 Å². The lowest BCUT2D eigenvalue weighted by molar-refractivity contribution is 0.253. The van der Waals surface area contributed by atoms with E-state index in [2.05, 4.69) is 29.2 Å². The number of hydrogen-bond donors (Lipinski definition) is 0. The summed E-state index contributed by atoms with van der Waals surface area (Å²) in [7, 11) is 0. The number of benzene rings is 3. The maximum absolute atomic E-state index is 14.0. The van der Waals surface area contributed by atoms with Crippen molar-refractivity contribution in [1.82, 2.24) is 4.98 Å². The molecule has 0 spiro atoms. The van der Waals surface area contributed by atoms with Crippen LogP contribution < -0.4 is 9.91 Å². The first-order valence-corrected chi connectivity index (χ1v) is 12.1. The Bertz CT molecular complexity index is 1240. The standard InChI is InChI=1S/C30H28N4O/c35-30(33(26-14-3-1-4-15-26)28-18-10-21-31-23-28)34(27-16-5-2-6-17-27)32-22-20-25-13-9-12-24-11-7-8-19-29(24)25/h1-8,10-11,14-19,21-23,25H,9,12-13,20H2. The maximum Gasteiger partial charge on any atom is 0.354 e. The Balaban J connectivity index is 1.47. The number of aromatic nitrogens is 1. The number of rotatable bonds is 6. The third-order valence-electron chi connectivity index (χ3n) is 6.37. The fourth-order valence-electron chi connectivity index (χ4n) is 4.68. The van der Waals surface area contributed by atoms with Crippen LogP contribution in [0.3, 0.4) is 0 Å². The first-order valence-electron chi connectivity index (χ1n) is 12.1. The molecule has 3 aromatic carbocycles. The van der Waals surface area contributed by atoms with E-state index in [4.69, 9.17) is 5.10 Å². The second-order valence-electron chi connectivity index (χ2n) is 8.63. The van der Waals surface area contributed by atoms with Gasteiger partial charge in [0.05, 0.1) is 23.3 Å². The second kappa shape index (κ2) is 10.8. The lowest BCUT2D eigenvalue weighted by Crippen LogP contribution is -2.38. The number of para-hydroxylation sites is 2. The summed E-state index contributed by atoms with van der Waals surface area (Å²) < 4.78 is 0. The predicted octanol–water partition coefficient (Wildman–Crippen LogP) is 7.34. The van der Waals surface area contributed by atoms with Crippen molar-refractivity contribution in [2.75, 3.05) is 9.91 Å². The molecule has 5 nitrogen and oxygen atoms in total. The summed E-state index contributed by atoms with van der Waals surface area (Å²) in [5.74, 6) is 0.417. The number of pyridine rings is 1. The number of carbonyl (C=O) groups is 1. The zero-order chi connectivity index (χ0) is 23.9. The van der Waals surface area contributed by atoms with Crippen LogP contribution in [0.1, 0.15) is 36.3 Å². The lowest BCUT2D eigenvalue weighted by Gasteiger charge is -2.28. The summed E-state index contributed by atoms with van der Waals surface area (Å²) in [6, 6.07) is 31.3. The minimum atomic E-state index is -0.268. The minimum absolute atomic E-state index is 0.268. The number of nitrogens with zero attached hydrogens (tertiary/aromatic N) is 4. The van der Waals surface area contributed by atoms with Gasteiger partial charge in [0.25, 0.3) is 0 Å². The lowest BCUT2D eigenvalue weighted by atomic mass is 9.81. The summed E-state index contributed by atoms with van der Waals surface area (Å²) in [6.45, 7) is 0. The van der Waals surface area contributed by atoms with Gasteiger partial charge in [-0.2, -0.15) is 10.1 Å². The summed E-state index contributed by atoms with van der Waals surface area (Å²) in [6.07, 6.45) is 9.52. The molecule has 0 radical (unpaired) electrons. The molecule has 1 aliphatic rings. The van der Waals surface area contributed by atoms with Crippen molar-refractivity contribution >= 4 is 29.3 Å². The Labute approximate surface area is 206 Å². The Morgan fingerprint density at radius 2 is 1.54 bits per heavy atom. The molecule has 2 amide bonds. The van der Waals surface area contributed by atoms with Crippen LogP contribution in [0.15, 0.2) is 115 Å². The molecule has 0 saturated carbocycles. The summed E-state index contributed by atoms with van der Waals surface area (Å²) in [5, 5.41) is 6.21. The van der Waals surface area contributed by atoms with E-state index in [1.165, 1.54) is 22.6 Å². The third kappa shape index (κ3) is 5.14. The van der Waals surface area contributed by atoms with E-state index in [0.29, 0.717) is 17.3 Å². The number of fused-ring (bicyclic) bond motifs is 1. The van der Waals surface area contributed by atoms with Crippen molar-refractivity contribution in [3.8, 4) is 0 Å². The summed E-state index contributed by atoms with van der Waals surface area (Å²) >= 11 is 0. The SMILES string of the molecule is O=C(N(N=CCC1CCCc2ccccc21)c1ccccc1)N(c1ccccc1)c1cccnc1. The normalized spacial score (nSPS) is 14.9. The van der Waals surface area contributed by atoms with Crippen LogP contribution in [0.5, 0.6) is 0 Å². The van der Waals surface area contributed by atoms with E-state index in [1.54, 1.807) is 17.3 Å². The van der Waals surface area contributed by atoms with E-state index >= 15 is 0 Å². The van der Waals surface area contributed by atoms with Gasteiger partial charge >= 0.3 is 6.03 Å². The van der Waals surface area contributed by atoms with Crippen molar-refractivity contribution in [3.63, 3.8) is 0 Å². The minimum Gasteiger partial charge on any atom is -0.263 e. The van der Waals surface area contributed by atoms with Crippen molar-refractivity contribution in [3.05, 3.63) is 121 Å².